The first-order chi connectivity index (χ1) is 32.3. The van der Waals surface area contributed by atoms with Gasteiger partial charge in [0.05, 0.1) is 0 Å². The first kappa shape index (κ1) is 48.9. The van der Waals surface area contributed by atoms with Gasteiger partial charge < -0.3 is 24.0 Å². The van der Waals surface area contributed by atoms with Crippen LogP contribution in [0, 0.1) is 38.1 Å². The second kappa shape index (κ2) is 19.8. The minimum Gasteiger partial charge on any atom is -0.502 e. The van der Waals surface area contributed by atoms with Crippen molar-refractivity contribution < 1.29 is 51.6 Å². The first-order valence-corrected chi connectivity index (χ1v) is 22.5. The molecule has 346 valence electrons. The maximum Gasteiger partial charge on any atom is 2.00 e. The van der Waals surface area contributed by atoms with Crippen LogP contribution in [0.15, 0.2) is 152 Å². The Morgan fingerprint density at radius 3 is 1.23 bits per heavy atom. The number of aryl methyl sites for hydroxylation is 2. The van der Waals surface area contributed by atoms with Crippen molar-refractivity contribution in [2.45, 2.75) is 66.2 Å². The zero-order chi connectivity index (χ0) is 46.5. The predicted molar refractivity (Wildman–Crippen MR) is 269 cm³/mol. The van der Waals surface area contributed by atoms with Gasteiger partial charge in [-0.15, -0.1) is 58.7 Å². The summed E-state index contributed by atoms with van der Waals surface area (Å²) in [5, 5.41) is 1.86. The normalized spacial score (nSPS) is 11.5. The third-order valence-corrected chi connectivity index (χ3v) is 12.1. The average Bonchev–Trinajstić information content (AvgIpc) is 3.64. The molecule has 0 fully saturated rings. The van der Waals surface area contributed by atoms with Crippen LogP contribution < -0.4 is 9.47 Å². The Morgan fingerprint density at radius 2 is 0.855 bits per heavy atom. The maximum atomic E-state index is 6.90. The van der Waals surface area contributed by atoms with Crippen LogP contribution >= 0.6 is 0 Å². The van der Waals surface area contributed by atoms with Gasteiger partial charge in [0.2, 0.25) is 5.95 Å². The number of aromatic nitrogens is 5. The van der Waals surface area contributed by atoms with Crippen molar-refractivity contribution in [3.8, 4) is 73.7 Å². The molecule has 4 aromatic heterocycles. The van der Waals surface area contributed by atoms with Gasteiger partial charge in [0, 0.05) is 47.8 Å². The van der Waals surface area contributed by atoms with Crippen LogP contribution in [-0.4, -0.2) is 24.5 Å². The molecule has 0 aliphatic carbocycles. The Morgan fingerprint density at radius 1 is 0.449 bits per heavy atom. The molecule has 0 saturated heterocycles. The van der Waals surface area contributed by atoms with Gasteiger partial charge in [-0.05, 0) is 51.5 Å². The summed E-state index contributed by atoms with van der Waals surface area (Å²) in [6.07, 6.45) is 7.05. The van der Waals surface area contributed by atoms with E-state index in [-0.39, 0.29) is 53.0 Å². The standard InChI is InChI=1S/C60H49N5O2.2Pt/c1-38-32-42(50-14-9-11-28-61-50)34-54(56(38)40-16-20-44(21-17-40)59(3,4)5)66-46-24-26-48-49-27-25-47(37-53(49)65(52(48)36-46)58-63-30-13-31-64-58)67-55-35-43(51-15-10-12-29-62-51)33-39(2)57(55)41-18-22-45(23-19-41)60(6,7)8;;/h9-33H,1-8H3;;/q-4;2*+2. The van der Waals surface area contributed by atoms with Crippen LogP contribution in [0.3, 0.4) is 0 Å². The number of benzene rings is 6. The number of hydrogen-bond acceptors (Lipinski definition) is 6. The smallest absolute Gasteiger partial charge is 0.502 e. The fourth-order valence-electron chi connectivity index (χ4n) is 8.61. The quantitative estimate of drug-likeness (QED) is 0.134. The van der Waals surface area contributed by atoms with E-state index in [4.69, 9.17) is 19.4 Å². The molecule has 4 heterocycles. The van der Waals surface area contributed by atoms with Crippen LogP contribution in [0.5, 0.6) is 23.0 Å². The molecule has 0 amide bonds. The van der Waals surface area contributed by atoms with Crippen molar-refractivity contribution in [1.82, 2.24) is 24.5 Å². The molecule has 0 unspecified atom stereocenters. The number of nitrogens with zero attached hydrogens (tertiary/aromatic N) is 5. The number of hydrogen-bond donors (Lipinski definition) is 0. The molecule has 0 N–H and O–H groups in total. The Bertz CT molecular complexity index is 3210. The van der Waals surface area contributed by atoms with E-state index in [0.717, 1.165) is 77.7 Å². The van der Waals surface area contributed by atoms with Crippen molar-refractivity contribution in [1.29, 1.82) is 0 Å². The Hall–Kier alpha value is -6.52. The van der Waals surface area contributed by atoms with E-state index in [1.54, 1.807) is 30.9 Å². The third kappa shape index (κ3) is 10.00. The number of pyridine rings is 2. The van der Waals surface area contributed by atoms with Crippen LogP contribution in [0.4, 0.5) is 0 Å². The van der Waals surface area contributed by atoms with E-state index in [9.17, 15) is 0 Å². The average molecular weight is 1260 g/mol. The Labute approximate surface area is 433 Å². The van der Waals surface area contributed by atoms with Gasteiger partial charge in [-0.2, -0.15) is 22.9 Å². The molecule has 9 heteroatoms. The molecule has 10 rings (SSSR count). The molecular weight excluding hydrogens is 1210 g/mol. The zero-order valence-corrected chi connectivity index (χ0v) is 44.2. The van der Waals surface area contributed by atoms with Gasteiger partial charge in [-0.1, -0.05) is 174 Å². The summed E-state index contributed by atoms with van der Waals surface area (Å²) < 4.78 is 15.8. The zero-order valence-electron chi connectivity index (χ0n) is 39.6. The minimum absolute atomic E-state index is 0. The summed E-state index contributed by atoms with van der Waals surface area (Å²) in [6, 6.07) is 57.6. The Balaban J connectivity index is 0.00000321. The molecule has 0 aliphatic heterocycles. The monoisotopic (exact) mass is 1260 g/mol. The van der Waals surface area contributed by atoms with Gasteiger partial charge in [-0.25, -0.2) is 9.97 Å². The number of fused-ring (bicyclic) bond motifs is 3. The third-order valence-electron chi connectivity index (χ3n) is 12.1. The van der Waals surface area contributed by atoms with E-state index in [0.29, 0.717) is 28.9 Å². The second-order valence-corrected chi connectivity index (χ2v) is 19.0. The van der Waals surface area contributed by atoms with E-state index < -0.39 is 0 Å². The molecule has 0 bridgehead atoms. The van der Waals surface area contributed by atoms with Gasteiger partial charge in [0.1, 0.15) is 0 Å². The molecule has 0 atom stereocenters. The van der Waals surface area contributed by atoms with E-state index >= 15 is 0 Å². The number of ether oxygens (including phenoxy) is 2. The molecule has 0 radical (unpaired) electrons. The summed E-state index contributed by atoms with van der Waals surface area (Å²) >= 11 is 0. The van der Waals surface area contributed by atoms with Gasteiger partial charge in [0.15, 0.2) is 0 Å². The molecular formula is C60H49N5O2Pt2. The van der Waals surface area contributed by atoms with Crippen molar-refractivity contribution in [2.75, 3.05) is 0 Å². The van der Waals surface area contributed by atoms with Crippen LogP contribution in [-0.2, 0) is 53.0 Å². The molecule has 10 aromatic rings. The molecule has 6 aromatic carbocycles. The molecule has 0 saturated carbocycles. The second-order valence-electron chi connectivity index (χ2n) is 19.0. The summed E-state index contributed by atoms with van der Waals surface area (Å²) in [5.74, 6) is 2.61. The van der Waals surface area contributed by atoms with Crippen molar-refractivity contribution in [3.05, 3.63) is 199 Å². The molecule has 0 spiro atoms. The molecule has 0 aliphatic rings. The topological polar surface area (TPSA) is 75.0 Å². The van der Waals surface area contributed by atoms with Crippen LogP contribution in [0.1, 0.15) is 63.8 Å². The fourth-order valence-corrected chi connectivity index (χ4v) is 8.61. The van der Waals surface area contributed by atoms with Crippen molar-refractivity contribution in [2.24, 2.45) is 0 Å². The number of rotatable bonds is 9. The van der Waals surface area contributed by atoms with E-state index in [2.05, 4.69) is 162 Å². The summed E-state index contributed by atoms with van der Waals surface area (Å²) in [7, 11) is 0. The maximum absolute atomic E-state index is 6.90. The Kier molecular flexibility index (Phi) is 14.1. The molecule has 7 nitrogen and oxygen atoms in total. The summed E-state index contributed by atoms with van der Waals surface area (Å²) in [6.45, 7) is 17.5. The summed E-state index contributed by atoms with van der Waals surface area (Å²) in [4.78, 5) is 18.7. The van der Waals surface area contributed by atoms with Crippen LogP contribution in [0.25, 0.3) is 72.5 Å². The largest absolute Gasteiger partial charge is 2.00 e. The fraction of sp³-hybridized carbons (Fsp3) is 0.167. The summed E-state index contributed by atoms with van der Waals surface area (Å²) in [5.41, 5.74) is 13.3. The van der Waals surface area contributed by atoms with Gasteiger partial charge in [-0.3, -0.25) is 0 Å². The van der Waals surface area contributed by atoms with Crippen LogP contribution in [0.2, 0.25) is 0 Å². The van der Waals surface area contributed by atoms with E-state index in [1.807, 2.05) is 53.1 Å². The first-order valence-electron chi connectivity index (χ1n) is 22.5. The SMILES string of the molecule is Cc1cc(-c2ccccn2)[c-]c(Oc2[c-]c3c(cc2)c2ccc(Oc4[c-]c(-c5ccccn5)cc(C)c4-c4ccc(C(C)(C)C)cc4)[c-]c2n3-c2ncccn2)c1-c1ccc(C(C)(C)C)cc1.[Pt+2].[Pt+2]. The van der Waals surface area contributed by atoms with Gasteiger partial charge in [0.25, 0.3) is 0 Å². The van der Waals surface area contributed by atoms with E-state index in [1.165, 1.54) is 11.1 Å². The molecule has 69 heavy (non-hydrogen) atoms. The predicted octanol–water partition coefficient (Wildman–Crippen LogP) is 15.0. The van der Waals surface area contributed by atoms with Gasteiger partial charge >= 0.3 is 42.1 Å². The minimum atomic E-state index is 0. The van der Waals surface area contributed by atoms with Crippen molar-refractivity contribution >= 4 is 21.8 Å². The van der Waals surface area contributed by atoms with Crippen molar-refractivity contribution in [3.63, 3.8) is 0 Å².